The Balaban J connectivity index is 2.12. The molecule has 2 aromatic rings. The molecule has 106 valence electrons. The molecule has 0 atom stereocenters. The molecule has 0 fully saturated rings. The van der Waals surface area contributed by atoms with Gasteiger partial charge in [-0.3, -0.25) is 10.1 Å². The van der Waals surface area contributed by atoms with Crippen LogP contribution in [0.25, 0.3) is 0 Å². The predicted molar refractivity (Wildman–Crippen MR) is 78.6 cm³/mol. The molecule has 5 heteroatoms. The first-order valence-electron chi connectivity index (χ1n) is 6.67. The number of aromatic nitrogens is 1. The van der Waals surface area contributed by atoms with Gasteiger partial charge in [0, 0.05) is 43.2 Å². The van der Waals surface area contributed by atoms with Gasteiger partial charge >= 0.3 is 0 Å². The molecule has 20 heavy (non-hydrogen) atoms. The molecule has 0 aliphatic carbocycles. The summed E-state index contributed by atoms with van der Waals surface area (Å²) in [5.41, 5.74) is 2.24. The fraction of sp³-hybridized carbons (Fsp3) is 0.333. The van der Waals surface area contributed by atoms with Crippen molar-refractivity contribution in [1.29, 1.82) is 0 Å². The summed E-state index contributed by atoms with van der Waals surface area (Å²) in [6, 6.07) is 11.3. The van der Waals surface area contributed by atoms with Crippen molar-refractivity contribution in [3.63, 3.8) is 0 Å². The molecule has 0 unspecified atom stereocenters. The van der Waals surface area contributed by atoms with Gasteiger partial charge in [0.1, 0.15) is 0 Å². The molecule has 0 bridgehead atoms. The third-order valence-corrected chi connectivity index (χ3v) is 3.09. The quantitative estimate of drug-likeness (QED) is 0.650. The van der Waals surface area contributed by atoms with Gasteiger partial charge in [-0.05, 0) is 17.7 Å². The van der Waals surface area contributed by atoms with Gasteiger partial charge in [-0.15, -0.1) is 0 Å². The van der Waals surface area contributed by atoms with E-state index in [4.69, 9.17) is 0 Å². The summed E-state index contributed by atoms with van der Waals surface area (Å²) < 4.78 is 2.11. The summed E-state index contributed by atoms with van der Waals surface area (Å²) in [7, 11) is 0. The van der Waals surface area contributed by atoms with Crippen LogP contribution in [-0.4, -0.2) is 15.5 Å². The number of non-ortho nitro benzene ring substituents is 1. The minimum absolute atomic E-state index is 0.136. The van der Waals surface area contributed by atoms with Crippen LogP contribution in [0.5, 0.6) is 0 Å². The van der Waals surface area contributed by atoms with E-state index >= 15 is 0 Å². The third-order valence-electron chi connectivity index (χ3n) is 3.09. The zero-order chi connectivity index (χ0) is 14.5. The Morgan fingerprint density at radius 1 is 1.30 bits per heavy atom. The van der Waals surface area contributed by atoms with Crippen LogP contribution in [0.15, 0.2) is 42.6 Å². The average Bonchev–Trinajstić information content (AvgIpc) is 2.84. The first-order chi connectivity index (χ1) is 9.56. The van der Waals surface area contributed by atoms with Crippen LogP contribution in [0.2, 0.25) is 0 Å². The summed E-state index contributed by atoms with van der Waals surface area (Å²) in [6.07, 6.45) is 2.00. The highest BCUT2D eigenvalue weighted by molar-refractivity contribution is 5.34. The van der Waals surface area contributed by atoms with E-state index in [9.17, 15) is 10.1 Å². The predicted octanol–water partition coefficient (Wildman–Crippen LogP) is 2.94. The van der Waals surface area contributed by atoms with Gasteiger partial charge in [-0.1, -0.05) is 26.0 Å². The number of nitro groups is 1. The van der Waals surface area contributed by atoms with Gasteiger partial charge < -0.3 is 9.88 Å². The van der Waals surface area contributed by atoms with Crippen LogP contribution < -0.4 is 5.32 Å². The molecule has 0 radical (unpaired) electrons. The van der Waals surface area contributed by atoms with Crippen LogP contribution in [0.1, 0.15) is 25.1 Å². The molecule has 2 rings (SSSR count). The number of benzene rings is 1. The van der Waals surface area contributed by atoms with E-state index in [2.05, 4.69) is 29.8 Å². The van der Waals surface area contributed by atoms with Crippen LogP contribution >= 0.6 is 0 Å². The maximum Gasteiger partial charge on any atom is 0.269 e. The van der Waals surface area contributed by atoms with Gasteiger partial charge in [-0.25, -0.2) is 0 Å². The number of nitrogens with zero attached hydrogens (tertiary/aromatic N) is 2. The van der Waals surface area contributed by atoms with E-state index < -0.39 is 0 Å². The van der Waals surface area contributed by atoms with Gasteiger partial charge in [-0.2, -0.15) is 0 Å². The zero-order valence-electron chi connectivity index (χ0n) is 11.7. The average molecular weight is 273 g/mol. The standard InChI is InChI=1S/C15H19N3O2/c1-12(2)16-10-15-7-4-8-17(15)11-13-5-3-6-14(9-13)18(19)20/h3-9,12,16H,10-11H2,1-2H3. The third kappa shape index (κ3) is 3.68. The number of hydrogen-bond acceptors (Lipinski definition) is 3. The fourth-order valence-electron chi connectivity index (χ4n) is 2.04. The van der Waals surface area contributed by atoms with E-state index in [1.165, 1.54) is 11.8 Å². The molecule has 0 saturated heterocycles. The van der Waals surface area contributed by atoms with Crippen molar-refractivity contribution in [1.82, 2.24) is 9.88 Å². The summed E-state index contributed by atoms with van der Waals surface area (Å²) in [5.74, 6) is 0. The summed E-state index contributed by atoms with van der Waals surface area (Å²) >= 11 is 0. The smallest absolute Gasteiger partial charge is 0.269 e. The van der Waals surface area contributed by atoms with E-state index in [1.807, 2.05) is 18.3 Å². The topological polar surface area (TPSA) is 60.1 Å². The summed E-state index contributed by atoms with van der Waals surface area (Å²) in [6.45, 7) is 5.64. The lowest BCUT2D eigenvalue weighted by molar-refractivity contribution is -0.384. The molecule has 1 aromatic carbocycles. The Morgan fingerprint density at radius 2 is 2.10 bits per heavy atom. The summed E-state index contributed by atoms with van der Waals surface area (Å²) in [4.78, 5) is 10.4. The van der Waals surface area contributed by atoms with Crippen LogP contribution in [-0.2, 0) is 13.1 Å². The van der Waals surface area contributed by atoms with Gasteiger partial charge in [0.2, 0.25) is 0 Å². The van der Waals surface area contributed by atoms with Gasteiger partial charge in [0.05, 0.1) is 4.92 Å². The number of rotatable bonds is 6. The maximum atomic E-state index is 10.8. The fourth-order valence-corrected chi connectivity index (χ4v) is 2.04. The SMILES string of the molecule is CC(C)NCc1cccn1Cc1cccc([N+](=O)[O-])c1. The minimum atomic E-state index is -0.361. The highest BCUT2D eigenvalue weighted by Crippen LogP contribution is 2.15. The zero-order valence-corrected chi connectivity index (χ0v) is 11.7. The Morgan fingerprint density at radius 3 is 2.80 bits per heavy atom. The minimum Gasteiger partial charge on any atom is -0.346 e. The second-order valence-electron chi connectivity index (χ2n) is 5.09. The molecule has 1 aromatic heterocycles. The Kier molecular flexibility index (Phi) is 4.53. The largest absolute Gasteiger partial charge is 0.346 e. The van der Waals surface area contributed by atoms with Crippen molar-refractivity contribution in [2.75, 3.05) is 0 Å². The molecule has 1 heterocycles. The molecule has 0 aliphatic rings. The van der Waals surface area contributed by atoms with Crippen molar-refractivity contribution >= 4 is 5.69 Å². The van der Waals surface area contributed by atoms with Gasteiger partial charge in [0.15, 0.2) is 0 Å². The monoisotopic (exact) mass is 273 g/mol. The molecule has 5 nitrogen and oxygen atoms in total. The highest BCUT2D eigenvalue weighted by atomic mass is 16.6. The lowest BCUT2D eigenvalue weighted by Crippen LogP contribution is -2.23. The van der Waals surface area contributed by atoms with Crippen LogP contribution in [0, 0.1) is 10.1 Å². The second kappa shape index (κ2) is 6.34. The first kappa shape index (κ1) is 14.3. The van der Waals surface area contributed by atoms with Gasteiger partial charge in [0.25, 0.3) is 5.69 Å². The summed E-state index contributed by atoms with van der Waals surface area (Å²) in [5, 5.41) is 14.2. The van der Waals surface area contributed by atoms with Crippen molar-refractivity contribution < 1.29 is 4.92 Å². The van der Waals surface area contributed by atoms with E-state index in [1.54, 1.807) is 12.1 Å². The highest BCUT2D eigenvalue weighted by Gasteiger charge is 2.07. The lowest BCUT2D eigenvalue weighted by Gasteiger charge is -2.12. The number of nitrogens with one attached hydrogen (secondary N) is 1. The Labute approximate surface area is 118 Å². The number of nitro benzene ring substituents is 1. The molecular weight excluding hydrogens is 254 g/mol. The second-order valence-corrected chi connectivity index (χ2v) is 5.09. The first-order valence-corrected chi connectivity index (χ1v) is 6.67. The molecule has 0 aliphatic heterocycles. The van der Waals surface area contributed by atoms with E-state index in [0.29, 0.717) is 12.6 Å². The Hall–Kier alpha value is -2.14. The van der Waals surface area contributed by atoms with Crippen LogP contribution in [0.3, 0.4) is 0 Å². The van der Waals surface area contributed by atoms with Crippen LogP contribution in [0.4, 0.5) is 5.69 Å². The van der Waals surface area contributed by atoms with Crippen molar-refractivity contribution in [3.05, 3.63) is 64.0 Å². The molecule has 0 amide bonds. The number of hydrogen-bond donors (Lipinski definition) is 1. The normalized spacial score (nSPS) is 10.9. The van der Waals surface area contributed by atoms with Crippen molar-refractivity contribution in [3.8, 4) is 0 Å². The van der Waals surface area contributed by atoms with E-state index in [0.717, 1.165) is 12.1 Å². The van der Waals surface area contributed by atoms with Crippen molar-refractivity contribution in [2.24, 2.45) is 0 Å². The molecule has 0 spiro atoms. The van der Waals surface area contributed by atoms with E-state index in [-0.39, 0.29) is 10.6 Å². The molecule has 1 N–H and O–H groups in total. The maximum absolute atomic E-state index is 10.8. The molecular formula is C15H19N3O2. The lowest BCUT2D eigenvalue weighted by atomic mass is 10.2. The Bertz CT molecular complexity index is 590. The van der Waals surface area contributed by atoms with Crippen molar-refractivity contribution in [2.45, 2.75) is 33.0 Å². The molecule has 0 saturated carbocycles.